The zero-order valence-electron chi connectivity index (χ0n) is 13.1. The topological polar surface area (TPSA) is 68.0 Å². The van der Waals surface area contributed by atoms with Crippen molar-refractivity contribution in [2.24, 2.45) is 0 Å². The molecule has 1 aromatic heterocycles. The summed E-state index contributed by atoms with van der Waals surface area (Å²) >= 11 is 3.44. The molecule has 1 heterocycles. The van der Waals surface area contributed by atoms with E-state index in [-0.39, 0.29) is 12.3 Å². The minimum atomic E-state index is -0.0869. The molecule has 0 aliphatic heterocycles. The second-order valence-electron chi connectivity index (χ2n) is 5.38. The Bertz CT molecular complexity index is 846. The van der Waals surface area contributed by atoms with Gasteiger partial charge in [0.05, 0.1) is 0 Å². The lowest BCUT2D eigenvalue weighted by Crippen LogP contribution is -2.12. The summed E-state index contributed by atoms with van der Waals surface area (Å²) in [6.07, 6.45) is 0.687. The minimum absolute atomic E-state index is 0.0869. The van der Waals surface area contributed by atoms with Gasteiger partial charge < -0.3 is 9.73 Å². The van der Waals surface area contributed by atoms with E-state index < -0.39 is 0 Å². The highest BCUT2D eigenvalue weighted by molar-refractivity contribution is 9.10. The Balaban J connectivity index is 1.56. The molecule has 122 valence electrons. The van der Waals surface area contributed by atoms with Crippen molar-refractivity contribution in [3.8, 4) is 11.5 Å². The van der Waals surface area contributed by atoms with E-state index in [1.165, 1.54) is 0 Å². The summed E-state index contributed by atoms with van der Waals surface area (Å²) in [6, 6.07) is 15.2. The van der Waals surface area contributed by atoms with Crippen LogP contribution in [0.3, 0.4) is 0 Å². The Kier molecular flexibility index (Phi) is 5.05. The fraction of sp³-hybridized carbons (Fsp3) is 0.167. The van der Waals surface area contributed by atoms with E-state index in [9.17, 15) is 4.79 Å². The molecule has 0 saturated heterocycles. The van der Waals surface area contributed by atoms with Crippen LogP contribution < -0.4 is 5.32 Å². The molecule has 0 radical (unpaired) electrons. The minimum Gasteiger partial charge on any atom is -0.421 e. The Labute approximate surface area is 148 Å². The number of amides is 1. The van der Waals surface area contributed by atoms with Crippen molar-refractivity contribution in [3.63, 3.8) is 0 Å². The summed E-state index contributed by atoms with van der Waals surface area (Å²) < 4.78 is 6.61. The molecule has 0 unspecified atom stereocenters. The maximum atomic E-state index is 12.0. The molecule has 1 amide bonds. The molecule has 0 aliphatic rings. The molecule has 1 N–H and O–H groups in total. The molecule has 3 aromatic rings. The number of nitrogens with zero attached hydrogens (tertiary/aromatic N) is 2. The van der Waals surface area contributed by atoms with E-state index in [0.29, 0.717) is 18.2 Å². The molecule has 0 aliphatic carbocycles. The number of nitrogens with one attached hydrogen (secondary N) is 1. The number of benzene rings is 2. The number of aryl methyl sites for hydroxylation is 2. The van der Waals surface area contributed by atoms with E-state index in [2.05, 4.69) is 31.4 Å². The fourth-order valence-corrected chi connectivity index (χ4v) is 2.47. The van der Waals surface area contributed by atoms with Gasteiger partial charge in [0.2, 0.25) is 17.7 Å². The summed E-state index contributed by atoms with van der Waals surface area (Å²) in [5, 5.41) is 10.9. The van der Waals surface area contributed by atoms with Gasteiger partial charge in [-0.25, -0.2) is 0 Å². The van der Waals surface area contributed by atoms with Gasteiger partial charge in [-0.15, -0.1) is 10.2 Å². The average Bonchev–Trinajstić information content (AvgIpc) is 3.06. The van der Waals surface area contributed by atoms with Crippen molar-refractivity contribution in [2.45, 2.75) is 19.8 Å². The summed E-state index contributed by atoms with van der Waals surface area (Å²) in [5.74, 6) is 0.835. The standard InChI is InChI=1S/C18H16BrN3O2/c1-12-11-14(7-8-15(12)19)20-16(23)9-10-17-21-22-18(24-17)13-5-3-2-4-6-13/h2-8,11H,9-10H2,1H3,(H,20,23). The first-order chi connectivity index (χ1) is 11.6. The van der Waals surface area contributed by atoms with Crippen LogP contribution in [0.5, 0.6) is 0 Å². The first kappa shape index (κ1) is 16.4. The van der Waals surface area contributed by atoms with Crippen LogP contribution in [0.15, 0.2) is 57.4 Å². The Morgan fingerprint density at radius 1 is 1.17 bits per heavy atom. The monoisotopic (exact) mass is 385 g/mol. The van der Waals surface area contributed by atoms with E-state index in [1.54, 1.807) is 0 Å². The number of anilines is 1. The van der Waals surface area contributed by atoms with Gasteiger partial charge in [0.25, 0.3) is 0 Å². The van der Waals surface area contributed by atoms with Crippen LogP contribution >= 0.6 is 15.9 Å². The number of carbonyl (C=O) groups is 1. The van der Waals surface area contributed by atoms with Crippen molar-refractivity contribution >= 4 is 27.5 Å². The fourth-order valence-electron chi connectivity index (χ4n) is 2.22. The van der Waals surface area contributed by atoms with E-state index in [0.717, 1.165) is 21.3 Å². The van der Waals surface area contributed by atoms with Gasteiger partial charge in [-0.1, -0.05) is 34.1 Å². The lowest BCUT2D eigenvalue weighted by Gasteiger charge is -2.06. The Morgan fingerprint density at radius 3 is 2.71 bits per heavy atom. The number of aromatic nitrogens is 2. The molecule has 0 spiro atoms. The number of halogens is 1. The van der Waals surface area contributed by atoms with Crippen LogP contribution in [-0.2, 0) is 11.2 Å². The highest BCUT2D eigenvalue weighted by atomic mass is 79.9. The molecular formula is C18H16BrN3O2. The molecule has 0 atom stereocenters. The molecule has 2 aromatic carbocycles. The van der Waals surface area contributed by atoms with Crippen molar-refractivity contribution in [1.29, 1.82) is 0 Å². The predicted molar refractivity (Wildman–Crippen MR) is 95.6 cm³/mol. The van der Waals surface area contributed by atoms with Crippen LogP contribution in [-0.4, -0.2) is 16.1 Å². The van der Waals surface area contributed by atoms with E-state index >= 15 is 0 Å². The second-order valence-corrected chi connectivity index (χ2v) is 6.23. The Morgan fingerprint density at radius 2 is 1.96 bits per heavy atom. The zero-order chi connectivity index (χ0) is 16.9. The maximum Gasteiger partial charge on any atom is 0.247 e. The van der Waals surface area contributed by atoms with Crippen molar-refractivity contribution in [2.75, 3.05) is 5.32 Å². The third-order valence-electron chi connectivity index (χ3n) is 3.50. The molecule has 5 nitrogen and oxygen atoms in total. The van der Waals surface area contributed by atoms with Gasteiger partial charge in [0, 0.05) is 28.6 Å². The first-order valence-corrected chi connectivity index (χ1v) is 8.35. The first-order valence-electron chi connectivity index (χ1n) is 7.55. The van der Waals surface area contributed by atoms with Crippen molar-refractivity contribution in [3.05, 3.63) is 64.5 Å². The summed E-state index contributed by atoms with van der Waals surface area (Å²) in [6.45, 7) is 1.98. The normalized spacial score (nSPS) is 10.6. The van der Waals surface area contributed by atoms with Crippen LogP contribution in [0.2, 0.25) is 0 Å². The third kappa shape index (κ3) is 4.08. The lowest BCUT2D eigenvalue weighted by atomic mass is 10.2. The SMILES string of the molecule is Cc1cc(NC(=O)CCc2nnc(-c3ccccc3)o2)ccc1Br. The van der Waals surface area contributed by atoms with Crippen LogP contribution in [0.25, 0.3) is 11.5 Å². The van der Waals surface area contributed by atoms with Crippen molar-refractivity contribution < 1.29 is 9.21 Å². The number of hydrogen-bond acceptors (Lipinski definition) is 4. The van der Waals surface area contributed by atoms with E-state index in [1.807, 2.05) is 55.5 Å². The molecule has 0 fully saturated rings. The van der Waals surface area contributed by atoms with Gasteiger partial charge in [0.15, 0.2) is 0 Å². The van der Waals surface area contributed by atoms with Gasteiger partial charge in [-0.3, -0.25) is 4.79 Å². The summed E-state index contributed by atoms with van der Waals surface area (Å²) in [4.78, 5) is 12.0. The van der Waals surface area contributed by atoms with Gasteiger partial charge in [-0.2, -0.15) is 0 Å². The molecule has 3 rings (SSSR count). The highest BCUT2D eigenvalue weighted by Gasteiger charge is 2.10. The average molecular weight is 386 g/mol. The van der Waals surface area contributed by atoms with Gasteiger partial charge in [-0.05, 0) is 42.8 Å². The largest absolute Gasteiger partial charge is 0.421 e. The second kappa shape index (κ2) is 7.40. The quantitative estimate of drug-likeness (QED) is 0.707. The smallest absolute Gasteiger partial charge is 0.247 e. The zero-order valence-corrected chi connectivity index (χ0v) is 14.7. The van der Waals surface area contributed by atoms with Crippen LogP contribution in [0.1, 0.15) is 17.9 Å². The van der Waals surface area contributed by atoms with Gasteiger partial charge >= 0.3 is 0 Å². The summed E-state index contributed by atoms with van der Waals surface area (Å²) in [5.41, 5.74) is 2.71. The number of hydrogen-bond donors (Lipinski definition) is 1. The van der Waals surface area contributed by atoms with E-state index in [4.69, 9.17) is 4.42 Å². The Hall–Kier alpha value is -2.47. The predicted octanol–water partition coefficient (Wildman–Crippen LogP) is 4.38. The summed E-state index contributed by atoms with van der Waals surface area (Å²) in [7, 11) is 0. The maximum absolute atomic E-state index is 12.0. The van der Waals surface area contributed by atoms with Gasteiger partial charge in [0.1, 0.15) is 0 Å². The molecule has 6 heteroatoms. The highest BCUT2D eigenvalue weighted by Crippen LogP contribution is 2.20. The molecule has 0 saturated carbocycles. The third-order valence-corrected chi connectivity index (χ3v) is 4.38. The molecular weight excluding hydrogens is 370 g/mol. The van der Waals surface area contributed by atoms with Crippen LogP contribution in [0.4, 0.5) is 5.69 Å². The molecule has 24 heavy (non-hydrogen) atoms. The van der Waals surface area contributed by atoms with Crippen molar-refractivity contribution in [1.82, 2.24) is 10.2 Å². The van der Waals surface area contributed by atoms with Crippen LogP contribution in [0, 0.1) is 6.92 Å². The molecule has 0 bridgehead atoms. The lowest BCUT2D eigenvalue weighted by molar-refractivity contribution is -0.116. The number of carbonyl (C=O) groups excluding carboxylic acids is 1. The number of rotatable bonds is 5.